The molecule has 1 aliphatic rings. The Balaban J connectivity index is 2.22. The molecule has 0 amide bonds. The van der Waals surface area contributed by atoms with Gasteiger partial charge in [0.15, 0.2) is 0 Å². The van der Waals surface area contributed by atoms with E-state index >= 15 is 0 Å². The topological polar surface area (TPSA) is 46.5 Å². The standard InChI is InChI=1S/C15H20O3/c1-15(2,3)14(17)18-13-9-8-12(16)10-6-4-5-7-11(10)13/h4-7,12-13,16H,8-9H2,1-3H3/t12-,13+/m0/s1. The number of carbonyl (C=O) groups is 1. The minimum Gasteiger partial charge on any atom is -0.457 e. The first-order chi connectivity index (χ1) is 8.39. The van der Waals surface area contributed by atoms with Crippen LogP contribution < -0.4 is 0 Å². The van der Waals surface area contributed by atoms with Crippen LogP contribution >= 0.6 is 0 Å². The van der Waals surface area contributed by atoms with Crippen molar-refractivity contribution in [3.63, 3.8) is 0 Å². The van der Waals surface area contributed by atoms with E-state index in [1.165, 1.54) is 0 Å². The third-order valence-corrected chi connectivity index (χ3v) is 3.27. The second-order valence-corrected chi connectivity index (χ2v) is 5.87. The average molecular weight is 248 g/mol. The Labute approximate surface area is 108 Å². The molecule has 98 valence electrons. The van der Waals surface area contributed by atoms with E-state index in [1.54, 1.807) is 0 Å². The quantitative estimate of drug-likeness (QED) is 0.777. The molecule has 0 heterocycles. The Hall–Kier alpha value is -1.35. The third-order valence-electron chi connectivity index (χ3n) is 3.27. The van der Waals surface area contributed by atoms with Crippen LogP contribution in [0, 0.1) is 5.41 Å². The lowest BCUT2D eigenvalue weighted by molar-refractivity contribution is -0.160. The predicted octanol–water partition coefficient (Wildman–Crippen LogP) is 3.14. The maximum absolute atomic E-state index is 11.9. The third kappa shape index (κ3) is 2.56. The number of aliphatic hydroxyl groups is 1. The minimum atomic E-state index is -0.495. The smallest absolute Gasteiger partial charge is 0.311 e. The van der Waals surface area contributed by atoms with Crippen molar-refractivity contribution < 1.29 is 14.6 Å². The van der Waals surface area contributed by atoms with Gasteiger partial charge in [0.05, 0.1) is 11.5 Å². The van der Waals surface area contributed by atoms with E-state index in [9.17, 15) is 9.90 Å². The SMILES string of the molecule is CC(C)(C)C(=O)O[C@@H]1CC[C@H](O)c2ccccc21. The summed E-state index contributed by atoms with van der Waals surface area (Å²) in [5, 5.41) is 9.93. The summed E-state index contributed by atoms with van der Waals surface area (Å²) in [5.74, 6) is -0.196. The highest BCUT2D eigenvalue weighted by Crippen LogP contribution is 2.38. The Morgan fingerprint density at radius 2 is 1.83 bits per heavy atom. The number of fused-ring (bicyclic) bond motifs is 1. The molecule has 1 aromatic carbocycles. The van der Waals surface area contributed by atoms with Crippen molar-refractivity contribution in [2.75, 3.05) is 0 Å². The molecule has 0 saturated heterocycles. The maximum atomic E-state index is 11.9. The molecule has 3 nitrogen and oxygen atoms in total. The van der Waals surface area contributed by atoms with Gasteiger partial charge in [-0.2, -0.15) is 0 Å². The molecule has 2 atom stereocenters. The molecular formula is C15H20O3. The van der Waals surface area contributed by atoms with Crippen molar-refractivity contribution in [3.8, 4) is 0 Å². The number of esters is 1. The van der Waals surface area contributed by atoms with Crippen molar-refractivity contribution in [2.45, 2.75) is 45.8 Å². The first kappa shape index (κ1) is 13.1. The fourth-order valence-electron chi connectivity index (χ4n) is 2.16. The Morgan fingerprint density at radius 3 is 2.44 bits per heavy atom. The van der Waals surface area contributed by atoms with Gasteiger partial charge in [0.1, 0.15) is 6.10 Å². The van der Waals surface area contributed by atoms with E-state index in [4.69, 9.17) is 4.74 Å². The zero-order chi connectivity index (χ0) is 13.3. The van der Waals surface area contributed by atoms with Crippen LogP contribution in [-0.4, -0.2) is 11.1 Å². The highest BCUT2D eigenvalue weighted by molar-refractivity contribution is 5.75. The number of hydrogen-bond acceptors (Lipinski definition) is 3. The van der Waals surface area contributed by atoms with Gasteiger partial charge in [-0.3, -0.25) is 4.79 Å². The molecule has 0 fully saturated rings. The first-order valence-corrected chi connectivity index (χ1v) is 6.37. The van der Waals surface area contributed by atoms with Gasteiger partial charge in [0, 0.05) is 0 Å². The molecule has 3 heteroatoms. The Morgan fingerprint density at radius 1 is 1.22 bits per heavy atom. The summed E-state index contributed by atoms with van der Waals surface area (Å²) in [7, 11) is 0. The molecule has 0 saturated carbocycles. The lowest BCUT2D eigenvalue weighted by Crippen LogP contribution is -2.27. The number of hydrogen-bond donors (Lipinski definition) is 1. The highest BCUT2D eigenvalue weighted by atomic mass is 16.5. The van der Waals surface area contributed by atoms with E-state index in [2.05, 4.69) is 0 Å². The summed E-state index contributed by atoms with van der Waals surface area (Å²) >= 11 is 0. The summed E-state index contributed by atoms with van der Waals surface area (Å²) in [5.41, 5.74) is 1.33. The lowest BCUT2D eigenvalue weighted by atomic mass is 9.87. The molecule has 0 spiro atoms. The molecule has 2 rings (SSSR count). The molecule has 0 bridgehead atoms. The van der Waals surface area contributed by atoms with Gasteiger partial charge in [-0.1, -0.05) is 24.3 Å². The molecule has 0 radical (unpaired) electrons. The van der Waals surface area contributed by atoms with Crippen LogP contribution in [0.2, 0.25) is 0 Å². The lowest BCUT2D eigenvalue weighted by Gasteiger charge is -2.30. The average Bonchev–Trinajstić information content (AvgIpc) is 2.32. The molecule has 1 N–H and O–H groups in total. The summed E-state index contributed by atoms with van der Waals surface area (Å²) in [4.78, 5) is 11.9. The number of ether oxygens (including phenoxy) is 1. The second-order valence-electron chi connectivity index (χ2n) is 5.87. The van der Waals surface area contributed by atoms with E-state index in [-0.39, 0.29) is 12.1 Å². The molecular weight excluding hydrogens is 228 g/mol. The van der Waals surface area contributed by atoms with Crippen molar-refractivity contribution in [2.24, 2.45) is 5.41 Å². The number of benzene rings is 1. The van der Waals surface area contributed by atoms with E-state index < -0.39 is 11.5 Å². The normalized spacial score (nSPS) is 23.3. The predicted molar refractivity (Wildman–Crippen MR) is 68.9 cm³/mol. The second kappa shape index (κ2) is 4.73. The van der Waals surface area contributed by atoms with Gasteiger partial charge in [0.2, 0.25) is 0 Å². The van der Waals surface area contributed by atoms with Crippen LogP contribution in [0.3, 0.4) is 0 Å². The number of rotatable bonds is 1. The van der Waals surface area contributed by atoms with E-state index in [0.717, 1.165) is 11.1 Å². The van der Waals surface area contributed by atoms with Crippen molar-refractivity contribution >= 4 is 5.97 Å². The van der Waals surface area contributed by atoms with Crippen molar-refractivity contribution in [1.29, 1.82) is 0 Å². The number of carbonyl (C=O) groups excluding carboxylic acids is 1. The molecule has 1 aromatic rings. The van der Waals surface area contributed by atoms with Gasteiger partial charge in [-0.15, -0.1) is 0 Å². The van der Waals surface area contributed by atoms with Gasteiger partial charge < -0.3 is 9.84 Å². The largest absolute Gasteiger partial charge is 0.457 e. The summed E-state index contributed by atoms with van der Waals surface area (Å²) < 4.78 is 5.58. The van der Waals surface area contributed by atoms with Crippen LogP contribution in [0.1, 0.15) is 56.9 Å². The summed E-state index contributed by atoms with van der Waals surface area (Å²) in [6.07, 6.45) is 0.654. The molecule has 1 aliphatic carbocycles. The molecule has 0 unspecified atom stereocenters. The first-order valence-electron chi connectivity index (χ1n) is 6.37. The van der Waals surface area contributed by atoms with Crippen molar-refractivity contribution in [3.05, 3.63) is 35.4 Å². The maximum Gasteiger partial charge on any atom is 0.311 e. The van der Waals surface area contributed by atoms with Crippen molar-refractivity contribution in [1.82, 2.24) is 0 Å². The zero-order valence-electron chi connectivity index (χ0n) is 11.1. The Bertz CT molecular complexity index is 445. The van der Waals surface area contributed by atoms with Gasteiger partial charge >= 0.3 is 5.97 Å². The molecule has 18 heavy (non-hydrogen) atoms. The minimum absolute atomic E-state index is 0.196. The van der Waals surface area contributed by atoms with Crippen LogP contribution in [-0.2, 0) is 9.53 Å². The van der Waals surface area contributed by atoms with Gasteiger partial charge in [0.25, 0.3) is 0 Å². The van der Waals surface area contributed by atoms with Gasteiger partial charge in [-0.25, -0.2) is 0 Å². The fraction of sp³-hybridized carbons (Fsp3) is 0.533. The summed E-state index contributed by atoms with van der Waals surface area (Å²) in [6.45, 7) is 5.54. The monoisotopic (exact) mass is 248 g/mol. The van der Waals surface area contributed by atoms with Crippen LogP contribution in [0.15, 0.2) is 24.3 Å². The van der Waals surface area contributed by atoms with Crippen LogP contribution in [0.25, 0.3) is 0 Å². The Kier molecular flexibility index (Phi) is 3.44. The van der Waals surface area contributed by atoms with Crippen LogP contribution in [0.4, 0.5) is 0 Å². The highest BCUT2D eigenvalue weighted by Gasteiger charge is 2.31. The van der Waals surface area contributed by atoms with Gasteiger partial charge in [-0.05, 0) is 44.7 Å². The fourth-order valence-corrected chi connectivity index (χ4v) is 2.16. The molecule has 0 aromatic heterocycles. The van der Waals surface area contributed by atoms with E-state index in [0.29, 0.717) is 12.8 Å². The van der Waals surface area contributed by atoms with Crippen LogP contribution in [0.5, 0.6) is 0 Å². The summed E-state index contributed by atoms with van der Waals surface area (Å²) in [6, 6.07) is 7.64. The van der Waals surface area contributed by atoms with E-state index in [1.807, 2.05) is 45.0 Å². The zero-order valence-corrected chi connectivity index (χ0v) is 11.1. The molecule has 0 aliphatic heterocycles. The number of aliphatic hydroxyl groups excluding tert-OH is 1.